The average molecular weight is 488 g/mol. The Bertz CT molecular complexity index is 785. The SMILES string of the molecule is CC(CC(O)COc1ccccc1)C1C(O)CC(O)C1C1CCC(CCCC(=O)NCC2CC2)C1. The van der Waals surface area contributed by atoms with Crippen LogP contribution in [-0.2, 0) is 4.79 Å². The van der Waals surface area contributed by atoms with E-state index in [1.807, 2.05) is 30.3 Å². The van der Waals surface area contributed by atoms with E-state index < -0.39 is 18.3 Å². The second-order valence-electron chi connectivity index (χ2n) is 11.6. The van der Waals surface area contributed by atoms with Crippen LogP contribution < -0.4 is 10.1 Å². The molecule has 0 saturated heterocycles. The predicted octanol–water partition coefficient (Wildman–Crippen LogP) is 3.92. The van der Waals surface area contributed by atoms with E-state index in [1.165, 1.54) is 12.8 Å². The zero-order valence-electron chi connectivity index (χ0n) is 21.2. The number of amides is 1. The number of benzene rings is 1. The summed E-state index contributed by atoms with van der Waals surface area (Å²) in [6, 6.07) is 9.49. The first kappa shape index (κ1) is 26.4. The van der Waals surface area contributed by atoms with Gasteiger partial charge in [0.05, 0.1) is 18.3 Å². The van der Waals surface area contributed by atoms with E-state index >= 15 is 0 Å². The monoisotopic (exact) mass is 487 g/mol. The van der Waals surface area contributed by atoms with Gasteiger partial charge in [-0.05, 0) is 99.0 Å². The minimum absolute atomic E-state index is 0.00618. The molecule has 0 heterocycles. The lowest BCUT2D eigenvalue weighted by Crippen LogP contribution is -2.35. The zero-order valence-corrected chi connectivity index (χ0v) is 21.2. The molecule has 35 heavy (non-hydrogen) atoms. The van der Waals surface area contributed by atoms with Gasteiger partial charge in [0, 0.05) is 13.0 Å². The van der Waals surface area contributed by atoms with Crippen LogP contribution in [0.15, 0.2) is 30.3 Å². The Morgan fingerprint density at radius 3 is 2.54 bits per heavy atom. The van der Waals surface area contributed by atoms with Crippen LogP contribution in [-0.4, -0.2) is 52.7 Å². The molecule has 3 fully saturated rings. The fraction of sp³-hybridized carbons (Fsp3) is 0.759. The minimum Gasteiger partial charge on any atom is -0.491 e. The third-order valence-electron chi connectivity index (χ3n) is 8.73. The molecule has 0 aliphatic heterocycles. The summed E-state index contributed by atoms with van der Waals surface area (Å²) in [5, 5.41) is 35.4. The lowest BCUT2D eigenvalue weighted by atomic mass is 9.73. The van der Waals surface area contributed by atoms with Gasteiger partial charge in [0.25, 0.3) is 0 Å². The van der Waals surface area contributed by atoms with Crippen LogP contribution in [0.5, 0.6) is 5.75 Å². The summed E-state index contributed by atoms with van der Waals surface area (Å²) in [6.45, 7) is 3.17. The van der Waals surface area contributed by atoms with Crippen LogP contribution in [0.2, 0.25) is 0 Å². The second-order valence-corrected chi connectivity index (χ2v) is 11.6. The summed E-state index contributed by atoms with van der Waals surface area (Å²) < 4.78 is 5.71. The number of carbonyl (C=O) groups is 1. The number of hydrogen-bond donors (Lipinski definition) is 4. The largest absolute Gasteiger partial charge is 0.491 e. The van der Waals surface area contributed by atoms with Crippen LogP contribution in [0.1, 0.15) is 71.1 Å². The fourth-order valence-corrected chi connectivity index (χ4v) is 6.77. The van der Waals surface area contributed by atoms with Crippen molar-refractivity contribution in [3.8, 4) is 5.75 Å². The van der Waals surface area contributed by atoms with E-state index in [-0.39, 0.29) is 30.3 Å². The molecule has 6 nitrogen and oxygen atoms in total. The summed E-state index contributed by atoms with van der Waals surface area (Å²) in [5.41, 5.74) is 0. The van der Waals surface area contributed by atoms with Crippen molar-refractivity contribution in [2.24, 2.45) is 35.5 Å². The van der Waals surface area contributed by atoms with Gasteiger partial charge < -0.3 is 25.4 Å². The molecule has 1 amide bonds. The molecule has 4 N–H and O–H groups in total. The molecule has 3 aliphatic rings. The number of para-hydroxylation sites is 1. The molecular weight excluding hydrogens is 442 g/mol. The lowest BCUT2D eigenvalue weighted by molar-refractivity contribution is -0.121. The molecule has 0 bridgehead atoms. The van der Waals surface area contributed by atoms with E-state index in [1.54, 1.807) is 0 Å². The van der Waals surface area contributed by atoms with E-state index in [2.05, 4.69) is 12.2 Å². The van der Waals surface area contributed by atoms with Crippen molar-refractivity contribution in [2.75, 3.05) is 13.2 Å². The molecule has 8 atom stereocenters. The Morgan fingerprint density at radius 2 is 1.80 bits per heavy atom. The molecule has 196 valence electrons. The fourth-order valence-electron chi connectivity index (χ4n) is 6.77. The highest BCUT2D eigenvalue weighted by molar-refractivity contribution is 5.75. The number of nitrogens with one attached hydrogen (secondary N) is 1. The van der Waals surface area contributed by atoms with Gasteiger partial charge in [0.1, 0.15) is 12.4 Å². The van der Waals surface area contributed by atoms with E-state index in [0.717, 1.165) is 50.3 Å². The summed E-state index contributed by atoms with van der Waals surface area (Å²) in [5.74, 6) is 2.81. The maximum atomic E-state index is 12.0. The first-order valence-electron chi connectivity index (χ1n) is 13.9. The normalized spacial score (nSPS) is 32.3. The lowest BCUT2D eigenvalue weighted by Gasteiger charge is -2.34. The molecule has 0 radical (unpaired) electrons. The molecule has 3 saturated carbocycles. The summed E-state index contributed by atoms with van der Waals surface area (Å²) >= 11 is 0. The van der Waals surface area contributed by atoms with Crippen LogP contribution >= 0.6 is 0 Å². The highest BCUT2D eigenvalue weighted by Gasteiger charge is 2.49. The minimum atomic E-state index is -0.613. The molecule has 8 unspecified atom stereocenters. The smallest absolute Gasteiger partial charge is 0.220 e. The standard InChI is InChI=1S/C29H45NO5/c1-19(14-23(31)18-35-24-7-3-2-4-8-24)28-25(32)16-26(33)29(28)22-13-12-20(15-22)6-5-9-27(34)30-17-21-10-11-21/h2-4,7-8,19-23,25-26,28-29,31-33H,5-6,9-18H2,1H3,(H,30,34). The maximum Gasteiger partial charge on any atom is 0.220 e. The summed E-state index contributed by atoms with van der Waals surface area (Å²) in [6.07, 6.45) is 7.76. The van der Waals surface area contributed by atoms with Crippen molar-refractivity contribution in [3.05, 3.63) is 30.3 Å². The second kappa shape index (κ2) is 12.6. The molecule has 0 aromatic heterocycles. The molecule has 4 rings (SSSR count). The van der Waals surface area contributed by atoms with Crippen molar-refractivity contribution >= 4 is 5.91 Å². The molecule has 1 aromatic rings. The topological polar surface area (TPSA) is 99.0 Å². The zero-order chi connectivity index (χ0) is 24.8. The Hall–Kier alpha value is -1.63. The summed E-state index contributed by atoms with van der Waals surface area (Å²) in [4.78, 5) is 12.0. The van der Waals surface area contributed by atoms with Gasteiger partial charge in [-0.1, -0.05) is 31.5 Å². The third kappa shape index (κ3) is 7.68. The highest BCUT2D eigenvalue weighted by atomic mass is 16.5. The molecule has 3 aliphatic carbocycles. The van der Waals surface area contributed by atoms with Gasteiger partial charge >= 0.3 is 0 Å². The van der Waals surface area contributed by atoms with E-state index in [4.69, 9.17) is 4.74 Å². The average Bonchev–Trinajstić information content (AvgIpc) is 3.47. The Balaban J connectivity index is 1.22. The van der Waals surface area contributed by atoms with Gasteiger partial charge in [-0.25, -0.2) is 0 Å². The number of rotatable bonds is 13. The maximum absolute atomic E-state index is 12.0. The Kier molecular flexibility index (Phi) is 9.48. The van der Waals surface area contributed by atoms with E-state index in [9.17, 15) is 20.1 Å². The number of aliphatic hydroxyl groups is 3. The number of hydrogen-bond acceptors (Lipinski definition) is 5. The summed E-state index contributed by atoms with van der Waals surface area (Å²) in [7, 11) is 0. The predicted molar refractivity (Wildman–Crippen MR) is 136 cm³/mol. The first-order valence-corrected chi connectivity index (χ1v) is 13.9. The van der Waals surface area contributed by atoms with Gasteiger partial charge in [-0.2, -0.15) is 0 Å². The Morgan fingerprint density at radius 1 is 1.06 bits per heavy atom. The highest BCUT2D eigenvalue weighted by Crippen LogP contribution is 2.49. The van der Waals surface area contributed by atoms with Crippen LogP contribution in [0, 0.1) is 35.5 Å². The molecule has 6 heteroatoms. The van der Waals surface area contributed by atoms with Crippen molar-refractivity contribution in [3.63, 3.8) is 0 Å². The van der Waals surface area contributed by atoms with Crippen molar-refractivity contribution < 1.29 is 24.9 Å². The van der Waals surface area contributed by atoms with Gasteiger partial charge in [-0.15, -0.1) is 0 Å². The van der Waals surface area contributed by atoms with Crippen LogP contribution in [0.4, 0.5) is 0 Å². The van der Waals surface area contributed by atoms with Crippen molar-refractivity contribution in [1.29, 1.82) is 0 Å². The van der Waals surface area contributed by atoms with Crippen LogP contribution in [0.25, 0.3) is 0 Å². The first-order chi connectivity index (χ1) is 16.9. The van der Waals surface area contributed by atoms with Crippen molar-refractivity contribution in [2.45, 2.75) is 89.4 Å². The quantitative estimate of drug-likeness (QED) is 0.338. The number of ether oxygens (including phenoxy) is 1. The number of carbonyl (C=O) groups excluding carboxylic acids is 1. The molecule has 1 aromatic carbocycles. The van der Waals surface area contributed by atoms with Gasteiger partial charge in [-0.3, -0.25) is 4.79 Å². The van der Waals surface area contributed by atoms with Gasteiger partial charge in [0.2, 0.25) is 5.91 Å². The Labute approximate surface area is 210 Å². The third-order valence-corrected chi connectivity index (χ3v) is 8.73. The van der Waals surface area contributed by atoms with Gasteiger partial charge in [0.15, 0.2) is 0 Å². The van der Waals surface area contributed by atoms with Crippen molar-refractivity contribution in [1.82, 2.24) is 5.32 Å². The van der Waals surface area contributed by atoms with Crippen LogP contribution in [0.3, 0.4) is 0 Å². The number of aliphatic hydroxyl groups excluding tert-OH is 3. The van der Waals surface area contributed by atoms with E-state index in [0.29, 0.717) is 31.1 Å². The molecule has 0 spiro atoms. The molecular formula is C29H45NO5.